The summed E-state index contributed by atoms with van der Waals surface area (Å²) in [6, 6.07) is 10.9. The van der Waals surface area contributed by atoms with Crippen molar-refractivity contribution >= 4 is 54.3 Å². The van der Waals surface area contributed by atoms with Gasteiger partial charge in [-0.3, -0.25) is 18.7 Å². The van der Waals surface area contributed by atoms with Crippen LogP contribution in [0.5, 0.6) is 11.5 Å². The normalized spacial score (nSPS) is 16.3. The van der Waals surface area contributed by atoms with Crippen LogP contribution in [-0.4, -0.2) is 36.0 Å². The monoisotopic (exact) mass is 808 g/mol. The highest BCUT2D eigenvalue weighted by Crippen LogP contribution is 2.41. The van der Waals surface area contributed by atoms with E-state index >= 15 is 0 Å². The molecule has 3 aliphatic carbocycles. The Morgan fingerprint density at radius 2 is 1.65 bits per heavy atom. The molecular weight excluding hydrogens is 769 g/mol. The van der Waals surface area contributed by atoms with Crippen LogP contribution in [-0.2, 0) is 32.1 Å². The molecule has 1 aliphatic heterocycles. The summed E-state index contributed by atoms with van der Waals surface area (Å²) in [5.74, 6) is -1.36. The first-order valence-electron chi connectivity index (χ1n) is 18.2. The Morgan fingerprint density at radius 1 is 0.930 bits per heavy atom. The molecular formula is C43H40N2O10S2. The molecule has 4 N–H and O–H groups in total. The lowest BCUT2D eigenvalue weighted by molar-refractivity contribution is 0.283. The molecule has 14 heteroatoms. The summed E-state index contributed by atoms with van der Waals surface area (Å²) in [4.78, 5) is 32.3. The smallest absolute Gasteiger partial charge is 0.298 e. The number of benzene rings is 3. The summed E-state index contributed by atoms with van der Waals surface area (Å²) in [6.07, 6.45) is 8.65. The summed E-state index contributed by atoms with van der Waals surface area (Å²) < 4.78 is 76.0. The maximum atomic E-state index is 14.6. The van der Waals surface area contributed by atoms with Crippen LogP contribution in [0.2, 0.25) is 0 Å². The fraction of sp³-hybridized carbons (Fsp3) is 0.279. The first-order valence-corrected chi connectivity index (χ1v) is 21.1. The van der Waals surface area contributed by atoms with Crippen molar-refractivity contribution < 1.29 is 35.8 Å². The molecule has 0 amide bonds. The van der Waals surface area contributed by atoms with Gasteiger partial charge in [0, 0.05) is 33.7 Å². The van der Waals surface area contributed by atoms with Crippen LogP contribution in [0.15, 0.2) is 97.6 Å². The van der Waals surface area contributed by atoms with Crippen molar-refractivity contribution in [1.29, 1.82) is 0 Å². The molecule has 0 radical (unpaired) electrons. The van der Waals surface area contributed by atoms with Crippen molar-refractivity contribution in [3.05, 3.63) is 131 Å². The molecule has 0 spiro atoms. The summed E-state index contributed by atoms with van der Waals surface area (Å²) in [6.45, 7) is 10.1. The zero-order chi connectivity index (χ0) is 41.2. The number of hydrogen-bond acceptors (Lipinski definition) is 10. The van der Waals surface area contributed by atoms with Gasteiger partial charge in [0.15, 0.2) is 11.2 Å². The maximum absolute atomic E-state index is 14.6. The van der Waals surface area contributed by atoms with Gasteiger partial charge in [-0.15, -0.1) is 0 Å². The number of hydrogen-bond donors (Lipinski definition) is 4. The van der Waals surface area contributed by atoms with E-state index in [1.165, 1.54) is 30.3 Å². The number of rotatable bonds is 9. The standard InChI is InChI=1S/C43H40N2O10S2/c1-42(2,3)23-43(4,5)25-15-20-31(33(21-25)57(52,53)54)55-32-22-30(44-26-16-18-27(19-17-26)56(49,50)51)35-36-34(28-13-9-10-14-29(28)40(35)47)37(41(48)45-38(32)36)39(46)24-11-7-6-8-12-24/h7,10,12,14-22,24,44,46H,9,11,13,23H2,1-5H3,(H,49,50,51)(H,52,53,54). The molecule has 12 nitrogen and oxygen atoms in total. The number of aromatic nitrogens is 1. The number of fused-ring (bicyclic) bond motifs is 2. The van der Waals surface area contributed by atoms with Gasteiger partial charge in [-0.1, -0.05) is 64.3 Å². The van der Waals surface area contributed by atoms with Gasteiger partial charge in [-0.2, -0.15) is 16.8 Å². The predicted octanol–water partition coefficient (Wildman–Crippen LogP) is 7.09. The van der Waals surface area contributed by atoms with E-state index in [4.69, 9.17) is 4.74 Å². The third-order valence-corrected chi connectivity index (χ3v) is 12.0. The summed E-state index contributed by atoms with van der Waals surface area (Å²) in [5.41, 5.74) is 5.51. The fourth-order valence-corrected chi connectivity index (χ4v) is 9.20. The number of ether oxygens (including phenoxy) is 1. The average Bonchev–Trinajstić information content (AvgIpc) is 3.13. The molecule has 4 aliphatic rings. The van der Waals surface area contributed by atoms with Crippen LogP contribution in [0.3, 0.4) is 0 Å². The van der Waals surface area contributed by atoms with Gasteiger partial charge in [0.2, 0.25) is 0 Å². The quantitative estimate of drug-likeness (QED) is 0.0873. The van der Waals surface area contributed by atoms with Gasteiger partial charge in [-0.05, 0) is 96.2 Å². The minimum absolute atomic E-state index is 0.0614. The highest BCUT2D eigenvalue weighted by Gasteiger charge is 2.31. The highest BCUT2D eigenvalue weighted by atomic mass is 32.2. The zero-order valence-electron chi connectivity index (χ0n) is 31.8. The van der Waals surface area contributed by atoms with E-state index in [0.717, 1.165) is 12.1 Å². The van der Waals surface area contributed by atoms with E-state index in [2.05, 4.69) is 42.5 Å². The first-order chi connectivity index (χ1) is 26.6. The number of anilines is 2. The minimum atomic E-state index is -4.90. The van der Waals surface area contributed by atoms with Crippen LogP contribution in [0.25, 0.3) is 22.7 Å². The number of aliphatic hydroxyl groups excluding tert-OH is 1. The molecule has 57 heavy (non-hydrogen) atoms. The largest absolute Gasteiger partial charge is 0.511 e. The Bertz CT molecular complexity index is 3100. The van der Waals surface area contributed by atoms with Crippen LogP contribution in [0.4, 0.5) is 11.4 Å². The lowest BCUT2D eigenvalue weighted by atomic mass is 9.72. The minimum Gasteiger partial charge on any atom is -0.511 e. The molecule has 0 bridgehead atoms. The van der Waals surface area contributed by atoms with E-state index in [0.29, 0.717) is 42.4 Å². The van der Waals surface area contributed by atoms with Crippen molar-refractivity contribution in [1.82, 2.24) is 4.98 Å². The molecule has 1 unspecified atom stereocenters. The van der Waals surface area contributed by atoms with Crippen molar-refractivity contribution in [2.45, 2.75) is 75.5 Å². The maximum Gasteiger partial charge on any atom is 0.298 e. The molecule has 0 fully saturated rings. The summed E-state index contributed by atoms with van der Waals surface area (Å²) in [7, 11) is -9.42. The second-order valence-electron chi connectivity index (χ2n) is 16.2. The molecule has 0 saturated carbocycles. The molecule has 0 saturated heterocycles. The first kappa shape index (κ1) is 39.6. The van der Waals surface area contributed by atoms with Gasteiger partial charge >= 0.3 is 0 Å². The van der Waals surface area contributed by atoms with Crippen LogP contribution in [0, 0.1) is 21.8 Å². The van der Waals surface area contributed by atoms with Crippen LogP contribution in [0.1, 0.15) is 70.6 Å². The van der Waals surface area contributed by atoms with E-state index in [1.807, 2.05) is 19.9 Å². The summed E-state index contributed by atoms with van der Waals surface area (Å²) in [5, 5.41) is 15.3. The Hall–Kier alpha value is -5.59. The zero-order valence-corrected chi connectivity index (χ0v) is 33.4. The third-order valence-electron chi connectivity index (χ3n) is 10.2. The average molecular weight is 809 g/mol. The lowest BCUT2D eigenvalue weighted by Gasteiger charge is -2.33. The van der Waals surface area contributed by atoms with Crippen molar-refractivity contribution in [2.24, 2.45) is 11.3 Å². The van der Waals surface area contributed by atoms with E-state index in [9.17, 15) is 40.6 Å². The van der Waals surface area contributed by atoms with Crippen molar-refractivity contribution in [3.8, 4) is 11.5 Å². The Morgan fingerprint density at radius 3 is 2.28 bits per heavy atom. The van der Waals surface area contributed by atoms with Crippen molar-refractivity contribution in [3.63, 3.8) is 0 Å². The molecule has 1 atom stereocenters. The lowest BCUT2D eigenvalue weighted by Crippen LogP contribution is -2.35. The highest BCUT2D eigenvalue weighted by molar-refractivity contribution is 7.86. The number of nitrogens with zero attached hydrogens (tertiary/aromatic N) is 1. The van der Waals surface area contributed by atoms with Gasteiger partial charge in [0.05, 0.1) is 21.2 Å². The predicted molar refractivity (Wildman–Crippen MR) is 217 cm³/mol. The molecule has 294 valence electrons. The second-order valence-corrected chi connectivity index (χ2v) is 19.0. The fourth-order valence-electron chi connectivity index (χ4n) is 8.08. The van der Waals surface area contributed by atoms with E-state index < -0.39 is 47.5 Å². The summed E-state index contributed by atoms with van der Waals surface area (Å²) >= 11 is 0. The van der Waals surface area contributed by atoms with E-state index in [1.54, 1.807) is 24.3 Å². The second kappa shape index (κ2) is 14.1. The molecule has 0 aromatic heterocycles. The molecule has 7 rings (SSSR count). The van der Waals surface area contributed by atoms with Gasteiger partial charge < -0.3 is 15.2 Å². The van der Waals surface area contributed by atoms with Crippen LogP contribution >= 0.6 is 0 Å². The third kappa shape index (κ3) is 7.63. The SMILES string of the molecule is CC(C)(C)CC(C)(C)c1ccc(Oc2cc(Nc3ccc(S(=O)(=O)O)cc3)c3c(=O)c4c(c5c(=C(O)C6C=C=C=CC6)c(=O)nc2c3=5)CCC=C4)c(S(=O)(=O)O)c1. The van der Waals surface area contributed by atoms with Gasteiger partial charge in [0.25, 0.3) is 25.8 Å². The van der Waals surface area contributed by atoms with Gasteiger partial charge in [0.1, 0.15) is 21.9 Å². The Labute approximate surface area is 328 Å². The Kier molecular flexibility index (Phi) is 9.81. The molecule has 3 aromatic rings. The molecule has 3 aromatic carbocycles. The Balaban J connectivity index is 1.58. The van der Waals surface area contributed by atoms with Gasteiger partial charge in [-0.25, -0.2) is 4.98 Å². The topological polar surface area (TPSA) is 197 Å². The van der Waals surface area contributed by atoms with E-state index in [-0.39, 0.29) is 65.5 Å². The molecule has 1 heterocycles. The number of aliphatic hydroxyl groups is 1. The number of allylic oxidation sites excluding steroid dienone is 2. The van der Waals surface area contributed by atoms with Crippen molar-refractivity contribution in [2.75, 3.05) is 5.32 Å². The van der Waals surface area contributed by atoms with Crippen LogP contribution < -0.4 is 26.3 Å². The number of nitrogens with one attached hydrogen (secondary N) is 1.